The molecule has 0 aliphatic carbocycles. The van der Waals surface area contributed by atoms with Crippen LogP contribution in [0, 0.1) is 11.3 Å². The molecule has 3 nitrogen and oxygen atoms in total. The number of amides is 1. The van der Waals surface area contributed by atoms with Crippen molar-refractivity contribution in [1.82, 2.24) is 4.90 Å². The van der Waals surface area contributed by atoms with Crippen LogP contribution in [0.5, 0.6) is 0 Å². The lowest BCUT2D eigenvalue weighted by molar-refractivity contribution is -0.128. The van der Waals surface area contributed by atoms with Crippen LogP contribution in [0.1, 0.15) is 40.5 Å². The van der Waals surface area contributed by atoms with E-state index in [1.165, 1.54) is 0 Å². The highest BCUT2D eigenvalue weighted by Crippen LogP contribution is 2.25. The van der Waals surface area contributed by atoms with E-state index >= 15 is 0 Å². The molecule has 1 saturated heterocycles. The number of likely N-dealkylation sites (tertiary alicyclic amines) is 1. The molecule has 1 amide bonds. The normalized spacial score (nSPS) is 22.8. The molecular weight excluding hydrogens is 214 g/mol. The summed E-state index contributed by atoms with van der Waals surface area (Å²) in [6, 6.07) is 0. The molecule has 1 heterocycles. The van der Waals surface area contributed by atoms with Crippen molar-refractivity contribution in [1.29, 1.82) is 0 Å². The highest BCUT2D eigenvalue weighted by atomic mass is 16.3. The van der Waals surface area contributed by atoms with E-state index in [4.69, 9.17) is 5.11 Å². The van der Waals surface area contributed by atoms with E-state index in [2.05, 4.69) is 20.8 Å². The van der Waals surface area contributed by atoms with E-state index in [1.54, 1.807) is 6.08 Å². The van der Waals surface area contributed by atoms with Gasteiger partial charge >= 0.3 is 0 Å². The molecule has 1 rings (SSSR count). The minimum absolute atomic E-state index is 0.0435. The summed E-state index contributed by atoms with van der Waals surface area (Å²) in [6.45, 7) is 10.0. The molecule has 0 aromatic carbocycles. The number of carbonyl (C=O) groups excluding carboxylic acids is 1. The molecule has 1 fully saturated rings. The van der Waals surface area contributed by atoms with Gasteiger partial charge in [-0.05, 0) is 31.1 Å². The van der Waals surface area contributed by atoms with Crippen LogP contribution < -0.4 is 0 Å². The Hall–Kier alpha value is -0.830. The molecule has 1 N–H and O–H groups in total. The van der Waals surface area contributed by atoms with Gasteiger partial charge in [0.05, 0.1) is 0 Å². The summed E-state index contributed by atoms with van der Waals surface area (Å²) in [7, 11) is 0. The van der Waals surface area contributed by atoms with Crippen molar-refractivity contribution in [3.8, 4) is 0 Å². The number of allylic oxidation sites excluding steroid dienone is 1. The summed E-state index contributed by atoms with van der Waals surface area (Å²) in [5, 5.41) is 9.15. The SMILES string of the molecule is CC(=CC(=O)N1CCCC(CO)C1)C(C)(C)C. The summed E-state index contributed by atoms with van der Waals surface area (Å²) in [5.74, 6) is 0.353. The second-order valence-corrected chi connectivity index (χ2v) is 6.05. The molecule has 1 aliphatic rings. The molecule has 0 spiro atoms. The maximum atomic E-state index is 12.1. The fraction of sp³-hybridized carbons (Fsp3) is 0.786. The quantitative estimate of drug-likeness (QED) is 0.751. The van der Waals surface area contributed by atoms with Gasteiger partial charge in [0.1, 0.15) is 0 Å². The van der Waals surface area contributed by atoms with Crippen LogP contribution in [0.25, 0.3) is 0 Å². The highest BCUT2D eigenvalue weighted by molar-refractivity contribution is 5.88. The minimum Gasteiger partial charge on any atom is -0.396 e. The molecule has 0 radical (unpaired) electrons. The van der Waals surface area contributed by atoms with Gasteiger partial charge in [0, 0.05) is 25.8 Å². The van der Waals surface area contributed by atoms with Crippen LogP contribution in [0.3, 0.4) is 0 Å². The molecule has 1 atom stereocenters. The van der Waals surface area contributed by atoms with Crippen LogP contribution in [0.15, 0.2) is 11.6 Å². The number of hydrogen-bond donors (Lipinski definition) is 1. The second kappa shape index (κ2) is 5.67. The molecule has 0 aromatic heterocycles. The van der Waals surface area contributed by atoms with E-state index in [9.17, 15) is 4.79 Å². The second-order valence-electron chi connectivity index (χ2n) is 6.05. The van der Waals surface area contributed by atoms with Gasteiger partial charge < -0.3 is 10.0 Å². The van der Waals surface area contributed by atoms with E-state index in [1.807, 2.05) is 11.8 Å². The number of piperidine rings is 1. The van der Waals surface area contributed by atoms with Crippen LogP contribution in [0.4, 0.5) is 0 Å². The molecular formula is C14H25NO2. The van der Waals surface area contributed by atoms with Gasteiger partial charge in [-0.3, -0.25) is 4.79 Å². The number of aliphatic hydroxyl groups is 1. The average molecular weight is 239 g/mol. The molecule has 17 heavy (non-hydrogen) atoms. The summed E-state index contributed by atoms with van der Waals surface area (Å²) in [6.07, 6.45) is 3.78. The van der Waals surface area contributed by atoms with E-state index in [0.29, 0.717) is 6.54 Å². The Morgan fingerprint density at radius 1 is 1.47 bits per heavy atom. The largest absolute Gasteiger partial charge is 0.396 e. The van der Waals surface area contributed by atoms with Crippen LogP contribution in [-0.4, -0.2) is 35.6 Å². The van der Waals surface area contributed by atoms with Gasteiger partial charge in [-0.1, -0.05) is 26.3 Å². The number of hydrogen-bond acceptors (Lipinski definition) is 2. The first-order chi connectivity index (χ1) is 7.84. The fourth-order valence-corrected chi connectivity index (χ4v) is 1.91. The number of nitrogens with zero attached hydrogens (tertiary/aromatic N) is 1. The van der Waals surface area contributed by atoms with Gasteiger partial charge in [0.2, 0.25) is 5.91 Å². The van der Waals surface area contributed by atoms with Crippen molar-refractivity contribution < 1.29 is 9.90 Å². The van der Waals surface area contributed by atoms with Crippen molar-refractivity contribution in [3.05, 3.63) is 11.6 Å². The smallest absolute Gasteiger partial charge is 0.246 e. The third-order valence-electron chi connectivity index (χ3n) is 3.61. The molecule has 1 aliphatic heterocycles. The zero-order valence-electron chi connectivity index (χ0n) is 11.5. The Balaban J connectivity index is 2.64. The zero-order chi connectivity index (χ0) is 13.1. The first kappa shape index (κ1) is 14.2. The standard InChI is InChI=1S/C14H25NO2/c1-11(14(2,3)4)8-13(17)15-7-5-6-12(9-15)10-16/h8,12,16H,5-7,9-10H2,1-4H3. The summed E-state index contributed by atoms with van der Waals surface area (Å²) in [5.41, 5.74) is 1.15. The maximum Gasteiger partial charge on any atom is 0.246 e. The van der Waals surface area contributed by atoms with Gasteiger partial charge in [0.15, 0.2) is 0 Å². The molecule has 3 heteroatoms. The minimum atomic E-state index is 0.0435. The topological polar surface area (TPSA) is 40.5 Å². The first-order valence-corrected chi connectivity index (χ1v) is 6.43. The monoisotopic (exact) mass is 239 g/mol. The third kappa shape index (κ3) is 4.15. The Kier molecular flexibility index (Phi) is 4.75. The van der Waals surface area contributed by atoms with Gasteiger partial charge in [-0.15, -0.1) is 0 Å². The predicted octanol–water partition coefficient (Wildman–Crippen LogP) is 2.21. The Morgan fingerprint density at radius 2 is 2.12 bits per heavy atom. The van der Waals surface area contributed by atoms with Crippen molar-refractivity contribution in [2.45, 2.75) is 40.5 Å². The lowest BCUT2D eigenvalue weighted by Gasteiger charge is -2.31. The van der Waals surface area contributed by atoms with Crippen molar-refractivity contribution >= 4 is 5.91 Å². The Labute approximate surface area is 105 Å². The van der Waals surface area contributed by atoms with E-state index < -0.39 is 0 Å². The van der Waals surface area contributed by atoms with Gasteiger partial charge in [-0.25, -0.2) is 0 Å². The maximum absolute atomic E-state index is 12.1. The zero-order valence-corrected chi connectivity index (χ0v) is 11.5. The summed E-state index contributed by atoms with van der Waals surface area (Å²) >= 11 is 0. The van der Waals surface area contributed by atoms with Gasteiger partial charge in [-0.2, -0.15) is 0 Å². The van der Waals surface area contributed by atoms with Gasteiger partial charge in [0.25, 0.3) is 0 Å². The van der Waals surface area contributed by atoms with Crippen LogP contribution in [-0.2, 0) is 4.79 Å². The lowest BCUT2D eigenvalue weighted by atomic mass is 9.87. The molecule has 0 aromatic rings. The summed E-state index contributed by atoms with van der Waals surface area (Å²) in [4.78, 5) is 13.9. The van der Waals surface area contributed by atoms with Crippen LogP contribution in [0.2, 0.25) is 0 Å². The van der Waals surface area contributed by atoms with Crippen molar-refractivity contribution in [3.63, 3.8) is 0 Å². The van der Waals surface area contributed by atoms with Crippen molar-refractivity contribution in [2.24, 2.45) is 11.3 Å². The summed E-state index contributed by atoms with van der Waals surface area (Å²) < 4.78 is 0. The highest BCUT2D eigenvalue weighted by Gasteiger charge is 2.23. The number of aliphatic hydroxyl groups excluding tert-OH is 1. The molecule has 0 saturated carbocycles. The predicted molar refractivity (Wildman–Crippen MR) is 69.6 cm³/mol. The third-order valence-corrected chi connectivity index (χ3v) is 3.61. The first-order valence-electron chi connectivity index (χ1n) is 6.43. The Bertz CT molecular complexity index is 302. The van der Waals surface area contributed by atoms with Crippen molar-refractivity contribution in [2.75, 3.05) is 19.7 Å². The number of carbonyl (C=O) groups is 1. The lowest BCUT2D eigenvalue weighted by Crippen LogP contribution is -2.40. The van der Waals surface area contributed by atoms with E-state index in [-0.39, 0.29) is 23.8 Å². The number of rotatable bonds is 2. The molecule has 0 bridgehead atoms. The molecule has 1 unspecified atom stereocenters. The van der Waals surface area contributed by atoms with E-state index in [0.717, 1.165) is 25.0 Å². The molecule has 98 valence electrons. The van der Waals surface area contributed by atoms with Crippen LogP contribution >= 0.6 is 0 Å². The fourth-order valence-electron chi connectivity index (χ4n) is 1.91. The average Bonchev–Trinajstić information content (AvgIpc) is 2.27. The Morgan fingerprint density at radius 3 is 2.65 bits per heavy atom.